The Morgan fingerprint density at radius 2 is 2.67 bits per heavy atom. The van der Waals surface area contributed by atoms with E-state index in [0.29, 0.717) is 6.61 Å². The second-order valence-electron chi connectivity index (χ2n) is 1.77. The highest BCUT2D eigenvalue weighted by molar-refractivity contribution is 5.65. The summed E-state index contributed by atoms with van der Waals surface area (Å²) in [5.74, 6) is -0.325. The summed E-state index contributed by atoms with van der Waals surface area (Å²) < 4.78 is 9.55. The molecule has 0 radical (unpaired) electrons. The SMILES string of the molecule is CC(=O)OC1NCCO1. The van der Waals surface area contributed by atoms with Crippen LogP contribution in [0.1, 0.15) is 6.92 Å². The number of carbonyl (C=O) groups excluding carboxylic acids is 1. The van der Waals surface area contributed by atoms with Crippen molar-refractivity contribution in [3.63, 3.8) is 0 Å². The Morgan fingerprint density at radius 1 is 1.89 bits per heavy atom. The summed E-state index contributed by atoms with van der Waals surface area (Å²) in [6, 6.07) is 0. The Balaban J connectivity index is 2.19. The van der Waals surface area contributed by atoms with Gasteiger partial charge in [0.25, 0.3) is 6.41 Å². The van der Waals surface area contributed by atoms with E-state index in [9.17, 15) is 4.79 Å². The van der Waals surface area contributed by atoms with Gasteiger partial charge >= 0.3 is 5.97 Å². The highest BCUT2D eigenvalue weighted by Crippen LogP contribution is 1.96. The number of rotatable bonds is 1. The van der Waals surface area contributed by atoms with Crippen molar-refractivity contribution in [1.29, 1.82) is 0 Å². The standard InChI is InChI=1S/C5H9NO3/c1-4(7)9-5-6-2-3-8-5/h5-6H,2-3H2,1H3. The van der Waals surface area contributed by atoms with Crippen molar-refractivity contribution in [3.8, 4) is 0 Å². The van der Waals surface area contributed by atoms with Gasteiger partial charge in [-0.3, -0.25) is 10.1 Å². The summed E-state index contributed by atoms with van der Waals surface area (Å²) in [5.41, 5.74) is 0. The lowest BCUT2D eigenvalue weighted by Crippen LogP contribution is -2.27. The molecule has 0 bridgehead atoms. The van der Waals surface area contributed by atoms with E-state index in [0.717, 1.165) is 6.54 Å². The highest BCUT2D eigenvalue weighted by Gasteiger charge is 2.15. The van der Waals surface area contributed by atoms with Gasteiger partial charge in [-0.25, -0.2) is 0 Å². The summed E-state index contributed by atoms with van der Waals surface area (Å²) >= 11 is 0. The van der Waals surface area contributed by atoms with Gasteiger partial charge in [-0.15, -0.1) is 0 Å². The summed E-state index contributed by atoms with van der Waals surface area (Å²) in [7, 11) is 0. The lowest BCUT2D eigenvalue weighted by Gasteiger charge is -2.07. The average molecular weight is 131 g/mol. The van der Waals surface area contributed by atoms with Crippen molar-refractivity contribution in [3.05, 3.63) is 0 Å². The fourth-order valence-electron chi connectivity index (χ4n) is 0.628. The largest absolute Gasteiger partial charge is 0.422 e. The van der Waals surface area contributed by atoms with Crippen LogP contribution < -0.4 is 5.32 Å². The monoisotopic (exact) mass is 131 g/mol. The first kappa shape index (κ1) is 6.51. The molecule has 0 aromatic carbocycles. The van der Waals surface area contributed by atoms with E-state index < -0.39 is 6.41 Å². The number of nitrogens with one attached hydrogen (secondary N) is 1. The van der Waals surface area contributed by atoms with Gasteiger partial charge in [0.1, 0.15) is 0 Å². The van der Waals surface area contributed by atoms with E-state index in [1.54, 1.807) is 0 Å². The molecule has 1 saturated heterocycles. The summed E-state index contributed by atoms with van der Waals surface area (Å²) in [5, 5.41) is 2.82. The molecule has 4 heteroatoms. The zero-order valence-corrected chi connectivity index (χ0v) is 5.22. The highest BCUT2D eigenvalue weighted by atomic mass is 16.7. The van der Waals surface area contributed by atoms with Crippen LogP contribution in [0, 0.1) is 0 Å². The number of hydrogen-bond acceptors (Lipinski definition) is 4. The van der Waals surface area contributed by atoms with E-state index >= 15 is 0 Å². The van der Waals surface area contributed by atoms with Gasteiger partial charge in [0.2, 0.25) is 0 Å². The molecule has 1 rings (SSSR count). The number of carbonyl (C=O) groups is 1. The average Bonchev–Trinajstić information content (AvgIpc) is 2.15. The zero-order valence-electron chi connectivity index (χ0n) is 5.22. The van der Waals surface area contributed by atoms with Crippen LogP contribution in [0.2, 0.25) is 0 Å². The predicted molar refractivity (Wildman–Crippen MR) is 29.5 cm³/mol. The van der Waals surface area contributed by atoms with Gasteiger partial charge in [-0.2, -0.15) is 0 Å². The molecule has 1 atom stereocenters. The number of hydrogen-bond donors (Lipinski definition) is 1. The maximum Gasteiger partial charge on any atom is 0.305 e. The first-order valence-corrected chi connectivity index (χ1v) is 2.81. The minimum atomic E-state index is -0.512. The Kier molecular flexibility index (Phi) is 2.02. The van der Waals surface area contributed by atoms with Crippen molar-refractivity contribution in [2.75, 3.05) is 13.2 Å². The fourth-order valence-corrected chi connectivity index (χ4v) is 0.628. The zero-order chi connectivity index (χ0) is 6.69. The van der Waals surface area contributed by atoms with Crippen molar-refractivity contribution < 1.29 is 14.3 Å². The molecule has 0 aliphatic carbocycles. The lowest BCUT2D eigenvalue weighted by molar-refractivity contribution is -0.170. The van der Waals surface area contributed by atoms with Crippen LogP contribution in [0.3, 0.4) is 0 Å². The van der Waals surface area contributed by atoms with Crippen LogP contribution in [-0.4, -0.2) is 25.5 Å². The van der Waals surface area contributed by atoms with Gasteiger partial charge < -0.3 is 9.47 Å². The molecule has 4 nitrogen and oxygen atoms in total. The molecule has 0 saturated carbocycles. The summed E-state index contributed by atoms with van der Waals surface area (Å²) in [6.45, 7) is 2.71. The van der Waals surface area contributed by atoms with Crippen molar-refractivity contribution in [2.45, 2.75) is 13.3 Å². The van der Waals surface area contributed by atoms with Gasteiger partial charge in [0, 0.05) is 13.5 Å². The van der Waals surface area contributed by atoms with E-state index in [-0.39, 0.29) is 5.97 Å². The van der Waals surface area contributed by atoms with E-state index in [1.807, 2.05) is 0 Å². The Bertz CT molecular complexity index is 109. The fraction of sp³-hybridized carbons (Fsp3) is 0.800. The molecule has 1 aliphatic rings. The third-order valence-corrected chi connectivity index (χ3v) is 0.955. The molecular formula is C5H9NO3. The second-order valence-corrected chi connectivity index (χ2v) is 1.77. The van der Waals surface area contributed by atoms with Crippen LogP contribution in [0.15, 0.2) is 0 Å². The van der Waals surface area contributed by atoms with Crippen LogP contribution >= 0.6 is 0 Å². The number of esters is 1. The minimum absolute atomic E-state index is 0.325. The van der Waals surface area contributed by atoms with Gasteiger partial charge in [0.05, 0.1) is 6.61 Å². The molecular weight excluding hydrogens is 122 g/mol. The molecule has 0 aromatic heterocycles. The van der Waals surface area contributed by atoms with Crippen molar-refractivity contribution >= 4 is 5.97 Å². The van der Waals surface area contributed by atoms with Gasteiger partial charge in [0.15, 0.2) is 0 Å². The summed E-state index contributed by atoms with van der Waals surface area (Å²) in [6.07, 6.45) is -0.512. The molecule has 1 fully saturated rings. The Morgan fingerprint density at radius 3 is 3.11 bits per heavy atom. The molecule has 52 valence electrons. The third kappa shape index (κ3) is 1.99. The maximum absolute atomic E-state index is 10.3. The van der Waals surface area contributed by atoms with E-state index in [4.69, 9.17) is 4.74 Å². The smallest absolute Gasteiger partial charge is 0.305 e. The third-order valence-electron chi connectivity index (χ3n) is 0.955. The van der Waals surface area contributed by atoms with Gasteiger partial charge in [-0.05, 0) is 0 Å². The lowest BCUT2D eigenvalue weighted by atomic mass is 10.7. The molecule has 0 amide bonds. The van der Waals surface area contributed by atoms with Crippen LogP contribution in [-0.2, 0) is 14.3 Å². The van der Waals surface area contributed by atoms with Crippen LogP contribution in [0.25, 0.3) is 0 Å². The minimum Gasteiger partial charge on any atom is -0.422 e. The molecule has 0 aromatic rings. The normalized spacial score (nSPS) is 26.1. The van der Waals surface area contributed by atoms with E-state index in [2.05, 4.69) is 10.1 Å². The molecule has 1 unspecified atom stereocenters. The molecule has 1 aliphatic heterocycles. The predicted octanol–water partition coefficient (Wildman–Crippen LogP) is -0.547. The maximum atomic E-state index is 10.3. The van der Waals surface area contributed by atoms with Crippen LogP contribution in [0.4, 0.5) is 0 Å². The van der Waals surface area contributed by atoms with E-state index in [1.165, 1.54) is 6.92 Å². The van der Waals surface area contributed by atoms with Crippen molar-refractivity contribution in [2.24, 2.45) is 0 Å². The molecule has 0 spiro atoms. The first-order valence-electron chi connectivity index (χ1n) is 2.81. The topological polar surface area (TPSA) is 47.6 Å². The first-order chi connectivity index (χ1) is 4.29. The summed E-state index contributed by atoms with van der Waals surface area (Å²) in [4.78, 5) is 10.3. The quantitative estimate of drug-likeness (QED) is 0.485. The van der Waals surface area contributed by atoms with Gasteiger partial charge in [-0.1, -0.05) is 0 Å². The second kappa shape index (κ2) is 2.80. The Labute approximate surface area is 53.1 Å². The van der Waals surface area contributed by atoms with Crippen LogP contribution in [0.5, 0.6) is 0 Å². The van der Waals surface area contributed by atoms with Crippen molar-refractivity contribution in [1.82, 2.24) is 5.32 Å². The molecule has 1 N–H and O–H groups in total. The Hall–Kier alpha value is -0.610. The molecule has 9 heavy (non-hydrogen) atoms. The molecule has 1 heterocycles. The number of ether oxygens (including phenoxy) is 2.